The number of aromatic nitrogens is 4. The van der Waals surface area contributed by atoms with Gasteiger partial charge in [-0.1, -0.05) is 12.1 Å². The molecule has 3 rings (SSSR count). The molecule has 136 valence electrons. The van der Waals surface area contributed by atoms with Gasteiger partial charge in [0.15, 0.2) is 0 Å². The monoisotopic (exact) mass is 384 g/mol. The average molecular weight is 385 g/mol. The number of nitrogens with one attached hydrogen (secondary N) is 2. The van der Waals surface area contributed by atoms with Crippen molar-refractivity contribution < 1.29 is 4.79 Å². The van der Waals surface area contributed by atoms with Crippen LogP contribution >= 0.6 is 24.8 Å². The van der Waals surface area contributed by atoms with E-state index in [1.54, 1.807) is 17.9 Å². The van der Waals surface area contributed by atoms with Crippen LogP contribution in [0, 0.1) is 0 Å². The molecule has 25 heavy (non-hydrogen) atoms. The summed E-state index contributed by atoms with van der Waals surface area (Å²) in [6, 6.07) is 7.48. The van der Waals surface area contributed by atoms with Gasteiger partial charge in [0.2, 0.25) is 5.91 Å². The molecule has 1 unspecified atom stereocenters. The lowest BCUT2D eigenvalue weighted by Gasteiger charge is -2.14. The molecule has 0 aliphatic heterocycles. The molecule has 0 saturated carbocycles. The van der Waals surface area contributed by atoms with Crippen molar-refractivity contribution in [2.24, 2.45) is 14.1 Å². The van der Waals surface area contributed by atoms with E-state index < -0.39 is 6.04 Å². The minimum Gasteiger partial charge on any atom is -0.347 e. The van der Waals surface area contributed by atoms with Crippen LogP contribution in [0.3, 0.4) is 0 Å². The number of hydrogen-bond donors (Lipinski definition) is 2. The van der Waals surface area contributed by atoms with Gasteiger partial charge in [0.05, 0.1) is 23.8 Å². The van der Waals surface area contributed by atoms with Gasteiger partial charge >= 0.3 is 0 Å². The lowest BCUT2D eigenvalue weighted by molar-refractivity contribution is -0.123. The molecular formula is C16H22Cl2N6O. The van der Waals surface area contributed by atoms with Gasteiger partial charge in [-0.2, -0.15) is 5.10 Å². The summed E-state index contributed by atoms with van der Waals surface area (Å²) in [5.74, 6) is 0.716. The Bertz CT molecular complexity index is 844. The molecule has 2 N–H and O–H groups in total. The van der Waals surface area contributed by atoms with Gasteiger partial charge in [-0.05, 0) is 19.2 Å². The van der Waals surface area contributed by atoms with Crippen LogP contribution in [-0.2, 0) is 25.4 Å². The fraction of sp³-hybridized carbons (Fsp3) is 0.312. The number of rotatable bonds is 5. The number of halogens is 2. The zero-order valence-corrected chi connectivity index (χ0v) is 15.9. The zero-order valence-electron chi connectivity index (χ0n) is 14.3. The smallest absolute Gasteiger partial charge is 0.242 e. The maximum atomic E-state index is 12.4. The zero-order chi connectivity index (χ0) is 16.4. The second kappa shape index (κ2) is 8.84. The molecule has 0 fully saturated rings. The number of fused-ring (bicyclic) bond motifs is 1. The van der Waals surface area contributed by atoms with E-state index in [1.165, 1.54) is 0 Å². The molecular weight excluding hydrogens is 363 g/mol. The Balaban J connectivity index is 0.00000156. The van der Waals surface area contributed by atoms with Gasteiger partial charge in [-0.15, -0.1) is 24.8 Å². The number of carbonyl (C=O) groups is 1. The maximum absolute atomic E-state index is 12.4. The molecule has 7 nitrogen and oxygen atoms in total. The lowest BCUT2D eigenvalue weighted by atomic mass is 10.1. The second-order valence-corrected chi connectivity index (χ2v) is 5.46. The Hall–Kier alpha value is -2.09. The number of carbonyl (C=O) groups excluding carboxylic acids is 1. The summed E-state index contributed by atoms with van der Waals surface area (Å²) in [6.45, 7) is 0.377. The Morgan fingerprint density at radius 3 is 2.56 bits per heavy atom. The van der Waals surface area contributed by atoms with Gasteiger partial charge in [0, 0.05) is 25.9 Å². The Labute approximate surface area is 158 Å². The molecule has 1 aromatic carbocycles. The first-order valence-electron chi connectivity index (χ1n) is 7.44. The number of amides is 1. The molecule has 0 spiro atoms. The third kappa shape index (κ3) is 4.31. The highest BCUT2D eigenvalue weighted by atomic mass is 35.5. The summed E-state index contributed by atoms with van der Waals surface area (Å²) in [5, 5.41) is 10.1. The summed E-state index contributed by atoms with van der Waals surface area (Å²) in [5.41, 5.74) is 2.81. The third-order valence-electron chi connectivity index (χ3n) is 3.91. The molecule has 3 aromatic rings. The molecule has 2 aromatic heterocycles. The van der Waals surface area contributed by atoms with Crippen molar-refractivity contribution in [1.82, 2.24) is 30.0 Å². The van der Waals surface area contributed by atoms with Gasteiger partial charge in [0.1, 0.15) is 11.9 Å². The summed E-state index contributed by atoms with van der Waals surface area (Å²) in [6.07, 6.45) is 3.52. The summed E-state index contributed by atoms with van der Waals surface area (Å²) in [4.78, 5) is 17.0. The molecule has 2 heterocycles. The first kappa shape index (κ1) is 21.0. The van der Waals surface area contributed by atoms with Crippen LogP contribution in [0.5, 0.6) is 0 Å². The van der Waals surface area contributed by atoms with E-state index in [-0.39, 0.29) is 30.7 Å². The van der Waals surface area contributed by atoms with E-state index in [1.807, 2.05) is 49.1 Å². The van der Waals surface area contributed by atoms with Crippen molar-refractivity contribution in [3.63, 3.8) is 0 Å². The van der Waals surface area contributed by atoms with Gasteiger partial charge < -0.3 is 15.2 Å². The quantitative estimate of drug-likeness (QED) is 0.701. The third-order valence-corrected chi connectivity index (χ3v) is 3.91. The molecule has 0 aliphatic carbocycles. The van der Waals surface area contributed by atoms with Crippen molar-refractivity contribution in [3.05, 3.63) is 48.0 Å². The molecule has 0 radical (unpaired) electrons. The van der Waals surface area contributed by atoms with Crippen LogP contribution in [0.2, 0.25) is 0 Å². The highest BCUT2D eigenvalue weighted by Crippen LogP contribution is 2.15. The number of hydrogen-bond acceptors (Lipinski definition) is 4. The molecule has 0 saturated heterocycles. The normalized spacial score (nSPS) is 11.5. The van der Waals surface area contributed by atoms with Crippen LogP contribution < -0.4 is 10.6 Å². The van der Waals surface area contributed by atoms with Crippen molar-refractivity contribution in [1.29, 1.82) is 0 Å². The van der Waals surface area contributed by atoms with Crippen molar-refractivity contribution in [3.8, 4) is 0 Å². The summed E-state index contributed by atoms with van der Waals surface area (Å²) >= 11 is 0. The topological polar surface area (TPSA) is 76.8 Å². The maximum Gasteiger partial charge on any atom is 0.242 e. The summed E-state index contributed by atoms with van der Waals surface area (Å²) in [7, 11) is 5.54. The van der Waals surface area contributed by atoms with E-state index in [9.17, 15) is 4.79 Å². The van der Waals surface area contributed by atoms with E-state index in [0.29, 0.717) is 6.54 Å². The second-order valence-electron chi connectivity index (χ2n) is 5.46. The number of aryl methyl sites for hydroxylation is 2. The van der Waals surface area contributed by atoms with E-state index in [4.69, 9.17) is 0 Å². The SMILES string of the molecule is CNC(C(=O)NCc1nc2ccccc2n1C)c1cnn(C)c1.Cl.Cl. The number of para-hydroxylation sites is 2. The van der Waals surface area contributed by atoms with Gasteiger partial charge in [0.25, 0.3) is 0 Å². The predicted molar refractivity (Wildman–Crippen MR) is 102 cm³/mol. The molecule has 1 atom stereocenters. The van der Waals surface area contributed by atoms with Crippen LogP contribution in [0.1, 0.15) is 17.4 Å². The van der Waals surface area contributed by atoms with E-state index in [2.05, 4.69) is 20.7 Å². The van der Waals surface area contributed by atoms with Crippen LogP contribution in [0.4, 0.5) is 0 Å². The minimum atomic E-state index is -0.432. The van der Waals surface area contributed by atoms with Crippen LogP contribution in [0.25, 0.3) is 11.0 Å². The highest BCUT2D eigenvalue weighted by Gasteiger charge is 2.20. The minimum absolute atomic E-state index is 0. The van der Waals surface area contributed by atoms with Crippen molar-refractivity contribution in [2.75, 3.05) is 7.05 Å². The first-order chi connectivity index (χ1) is 11.1. The average Bonchev–Trinajstić information content (AvgIpc) is 3.11. The van der Waals surface area contributed by atoms with E-state index >= 15 is 0 Å². The molecule has 0 bridgehead atoms. The lowest BCUT2D eigenvalue weighted by Crippen LogP contribution is -2.36. The molecule has 1 amide bonds. The fourth-order valence-corrected chi connectivity index (χ4v) is 2.66. The summed E-state index contributed by atoms with van der Waals surface area (Å²) < 4.78 is 3.67. The van der Waals surface area contributed by atoms with Crippen molar-refractivity contribution >= 4 is 41.8 Å². The first-order valence-corrected chi connectivity index (χ1v) is 7.44. The van der Waals surface area contributed by atoms with Crippen LogP contribution in [0.15, 0.2) is 36.7 Å². The van der Waals surface area contributed by atoms with Gasteiger partial charge in [-0.3, -0.25) is 9.48 Å². The number of imidazole rings is 1. The van der Waals surface area contributed by atoms with Crippen LogP contribution in [-0.4, -0.2) is 32.3 Å². The number of nitrogens with zero attached hydrogens (tertiary/aromatic N) is 4. The van der Waals surface area contributed by atoms with Gasteiger partial charge in [-0.25, -0.2) is 4.98 Å². The molecule has 0 aliphatic rings. The number of benzene rings is 1. The Morgan fingerprint density at radius 2 is 1.96 bits per heavy atom. The number of likely N-dealkylation sites (N-methyl/N-ethyl adjacent to an activating group) is 1. The standard InChI is InChI=1S/C16H20N6O.2ClH/c1-17-15(11-8-19-21(2)10-11)16(23)18-9-14-20-12-6-4-5-7-13(12)22(14)3;;/h4-8,10,15,17H,9H2,1-3H3,(H,18,23);2*1H. The highest BCUT2D eigenvalue weighted by molar-refractivity contribution is 5.85. The Kier molecular flexibility index (Phi) is 7.41. The molecule has 9 heteroatoms. The Morgan fingerprint density at radius 1 is 1.24 bits per heavy atom. The predicted octanol–water partition coefficient (Wildman–Crippen LogP) is 1.73. The van der Waals surface area contributed by atoms with E-state index in [0.717, 1.165) is 22.4 Å². The fourth-order valence-electron chi connectivity index (χ4n) is 2.66. The largest absolute Gasteiger partial charge is 0.347 e. The van der Waals surface area contributed by atoms with Crippen molar-refractivity contribution in [2.45, 2.75) is 12.6 Å².